The van der Waals surface area contributed by atoms with Gasteiger partial charge in [0.2, 0.25) is 10.0 Å². The first-order valence-corrected chi connectivity index (χ1v) is 7.30. The summed E-state index contributed by atoms with van der Waals surface area (Å²) in [6.07, 6.45) is 5.87. The van der Waals surface area contributed by atoms with Gasteiger partial charge in [-0.25, -0.2) is 13.1 Å². The zero-order chi connectivity index (χ0) is 13.7. The van der Waals surface area contributed by atoms with Gasteiger partial charge in [-0.2, -0.15) is 0 Å². The van der Waals surface area contributed by atoms with E-state index in [1.165, 1.54) is 18.7 Å². The van der Waals surface area contributed by atoms with Gasteiger partial charge in [-0.05, 0) is 19.1 Å². The Morgan fingerprint density at radius 1 is 1.37 bits per heavy atom. The van der Waals surface area contributed by atoms with Gasteiger partial charge in [-0.3, -0.25) is 4.98 Å². The monoisotopic (exact) mass is 281 g/mol. The molecule has 6 nitrogen and oxygen atoms in total. The van der Waals surface area contributed by atoms with Crippen LogP contribution in [0.1, 0.15) is 12.5 Å². The zero-order valence-corrected chi connectivity index (χ0v) is 11.3. The number of aromatic nitrogens is 1. The Labute approximate surface area is 111 Å². The molecule has 0 aliphatic heterocycles. The Hall–Kier alpha value is -1.86. The van der Waals surface area contributed by atoms with Gasteiger partial charge < -0.3 is 9.73 Å². The minimum absolute atomic E-state index is 0.139. The third-order valence-corrected chi connectivity index (χ3v) is 3.92. The van der Waals surface area contributed by atoms with E-state index in [-0.39, 0.29) is 11.4 Å². The van der Waals surface area contributed by atoms with Crippen LogP contribution in [0.25, 0.3) is 0 Å². The van der Waals surface area contributed by atoms with Gasteiger partial charge in [0, 0.05) is 31.0 Å². The summed E-state index contributed by atoms with van der Waals surface area (Å²) in [5.41, 5.74) is 1.30. The molecule has 0 aromatic carbocycles. The molecule has 0 saturated heterocycles. The lowest BCUT2D eigenvalue weighted by Crippen LogP contribution is -2.24. The number of pyridine rings is 1. The van der Waals surface area contributed by atoms with Crippen LogP contribution in [0.3, 0.4) is 0 Å². The number of sulfonamides is 1. The van der Waals surface area contributed by atoms with E-state index in [1.54, 1.807) is 18.3 Å². The van der Waals surface area contributed by atoms with Crippen LogP contribution in [-0.2, 0) is 16.6 Å². The van der Waals surface area contributed by atoms with E-state index < -0.39 is 10.0 Å². The first-order chi connectivity index (χ1) is 9.13. The largest absolute Gasteiger partial charge is 0.472 e. The molecule has 2 rings (SSSR count). The van der Waals surface area contributed by atoms with Crippen molar-refractivity contribution < 1.29 is 12.8 Å². The highest BCUT2D eigenvalue weighted by molar-refractivity contribution is 7.89. The SMILES string of the molecule is CCNc1ccncc1S(=O)(=O)NCc1ccoc1. The predicted octanol–water partition coefficient (Wildman–Crippen LogP) is 1.58. The van der Waals surface area contributed by atoms with Crippen LogP contribution in [-0.4, -0.2) is 19.9 Å². The molecule has 0 amide bonds. The molecular weight excluding hydrogens is 266 g/mol. The second kappa shape index (κ2) is 5.85. The summed E-state index contributed by atoms with van der Waals surface area (Å²) in [5.74, 6) is 0. The van der Waals surface area contributed by atoms with Crippen molar-refractivity contribution in [3.8, 4) is 0 Å². The van der Waals surface area contributed by atoms with Crippen molar-refractivity contribution in [3.63, 3.8) is 0 Å². The lowest BCUT2D eigenvalue weighted by Gasteiger charge is -2.11. The fraction of sp³-hybridized carbons (Fsp3) is 0.250. The summed E-state index contributed by atoms with van der Waals surface area (Å²) in [7, 11) is -3.61. The summed E-state index contributed by atoms with van der Waals surface area (Å²) in [5, 5.41) is 3.00. The molecule has 0 atom stereocenters. The quantitative estimate of drug-likeness (QED) is 0.840. The van der Waals surface area contributed by atoms with Crippen molar-refractivity contribution >= 4 is 15.7 Å². The Bertz CT molecular complexity index is 623. The molecule has 0 saturated carbocycles. The highest BCUT2D eigenvalue weighted by Crippen LogP contribution is 2.19. The molecule has 2 aromatic rings. The van der Waals surface area contributed by atoms with Crippen LogP contribution >= 0.6 is 0 Å². The number of hydrogen-bond acceptors (Lipinski definition) is 5. The van der Waals surface area contributed by atoms with Crippen LogP contribution < -0.4 is 10.0 Å². The van der Waals surface area contributed by atoms with Gasteiger partial charge in [-0.1, -0.05) is 0 Å². The molecule has 0 unspecified atom stereocenters. The lowest BCUT2D eigenvalue weighted by molar-refractivity contribution is 0.561. The average Bonchev–Trinajstić information content (AvgIpc) is 2.91. The molecule has 0 bridgehead atoms. The summed E-state index contributed by atoms with van der Waals surface area (Å²) < 4.78 is 31.8. The first-order valence-electron chi connectivity index (χ1n) is 5.82. The van der Waals surface area contributed by atoms with E-state index in [2.05, 4.69) is 15.0 Å². The highest BCUT2D eigenvalue weighted by Gasteiger charge is 2.18. The standard InChI is InChI=1S/C12H15N3O3S/c1-2-14-11-3-5-13-8-12(11)19(16,17)15-7-10-4-6-18-9-10/h3-6,8-9,15H,2,7H2,1H3,(H,13,14). The van der Waals surface area contributed by atoms with E-state index in [0.29, 0.717) is 12.2 Å². The van der Waals surface area contributed by atoms with Crippen LogP contribution in [0, 0.1) is 0 Å². The van der Waals surface area contributed by atoms with Crippen molar-refractivity contribution in [1.29, 1.82) is 0 Å². The summed E-state index contributed by atoms with van der Waals surface area (Å²) in [4.78, 5) is 4.00. The van der Waals surface area contributed by atoms with Crippen molar-refractivity contribution in [2.75, 3.05) is 11.9 Å². The van der Waals surface area contributed by atoms with Gasteiger partial charge in [-0.15, -0.1) is 0 Å². The van der Waals surface area contributed by atoms with Crippen LogP contribution in [0.15, 0.2) is 46.4 Å². The Morgan fingerprint density at radius 2 is 2.21 bits per heavy atom. The minimum atomic E-state index is -3.61. The Balaban J connectivity index is 2.19. The van der Waals surface area contributed by atoms with Gasteiger partial charge in [0.15, 0.2) is 0 Å². The second-order valence-electron chi connectivity index (χ2n) is 3.86. The molecule has 0 spiro atoms. The number of anilines is 1. The van der Waals surface area contributed by atoms with Crippen LogP contribution in [0.4, 0.5) is 5.69 Å². The van der Waals surface area contributed by atoms with E-state index in [9.17, 15) is 8.42 Å². The smallest absolute Gasteiger partial charge is 0.244 e. The van der Waals surface area contributed by atoms with Gasteiger partial charge in [0.05, 0.1) is 18.2 Å². The molecule has 2 N–H and O–H groups in total. The zero-order valence-electron chi connectivity index (χ0n) is 10.5. The maximum atomic E-state index is 12.2. The first kappa shape index (κ1) is 13.6. The predicted molar refractivity (Wildman–Crippen MR) is 71.1 cm³/mol. The number of nitrogens with one attached hydrogen (secondary N) is 2. The van der Waals surface area contributed by atoms with Crippen molar-refractivity contribution in [3.05, 3.63) is 42.6 Å². The van der Waals surface area contributed by atoms with E-state index in [0.717, 1.165) is 5.56 Å². The molecule has 2 heterocycles. The Kier molecular flexibility index (Phi) is 4.18. The third-order valence-electron chi connectivity index (χ3n) is 2.49. The molecule has 19 heavy (non-hydrogen) atoms. The Morgan fingerprint density at radius 3 is 2.89 bits per heavy atom. The maximum Gasteiger partial charge on any atom is 0.244 e. The van der Waals surface area contributed by atoms with Gasteiger partial charge >= 0.3 is 0 Å². The number of furan rings is 1. The van der Waals surface area contributed by atoms with Crippen molar-refractivity contribution in [2.24, 2.45) is 0 Å². The van der Waals surface area contributed by atoms with E-state index in [4.69, 9.17) is 4.42 Å². The molecule has 2 aromatic heterocycles. The van der Waals surface area contributed by atoms with E-state index in [1.807, 2.05) is 6.92 Å². The molecular formula is C12H15N3O3S. The topological polar surface area (TPSA) is 84.2 Å². The number of hydrogen-bond donors (Lipinski definition) is 2. The second-order valence-corrected chi connectivity index (χ2v) is 5.59. The lowest BCUT2D eigenvalue weighted by atomic mass is 10.4. The van der Waals surface area contributed by atoms with Gasteiger partial charge in [0.25, 0.3) is 0 Å². The number of rotatable bonds is 6. The van der Waals surface area contributed by atoms with Crippen LogP contribution in [0.5, 0.6) is 0 Å². The van der Waals surface area contributed by atoms with Crippen molar-refractivity contribution in [2.45, 2.75) is 18.4 Å². The molecule has 7 heteroatoms. The van der Waals surface area contributed by atoms with Crippen molar-refractivity contribution in [1.82, 2.24) is 9.71 Å². The van der Waals surface area contributed by atoms with E-state index >= 15 is 0 Å². The summed E-state index contributed by atoms with van der Waals surface area (Å²) in [6, 6.07) is 3.34. The highest BCUT2D eigenvalue weighted by atomic mass is 32.2. The number of nitrogens with zero attached hydrogens (tertiary/aromatic N) is 1. The third kappa shape index (κ3) is 3.33. The fourth-order valence-corrected chi connectivity index (χ4v) is 2.72. The molecule has 0 radical (unpaired) electrons. The fourth-order valence-electron chi connectivity index (χ4n) is 1.58. The summed E-state index contributed by atoms with van der Waals surface area (Å²) >= 11 is 0. The minimum Gasteiger partial charge on any atom is -0.472 e. The average molecular weight is 281 g/mol. The molecule has 0 aliphatic rings. The summed E-state index contributed by atoms with van der Waals surface area (Å²) in [6.45, 7) is 2.71. The van der Waals surface area contributed by atoms with Crippen LogP contribution in [0.2, 0.25) is 0 Å². The normalized spacial score (nSPS) is 11.4. The van der Waals surface area contributed by atoms with Gasteiger partial charge in [0.1, 0.15) is 4.90 Å². The molecule has 0 fully saturated rings. The maximum absolute atomic E-state index is 12.2. The molecule has 0 aliphatic carbocycles. The molecule has 102 valence electrons.